The highest BCUT2D eigenvalue weighted by atomic mass is 19.1. The van der Waals surface area contributed by atoms with Gasteiger partial charge in [0.05, 0.1) is 18.1 Å². The third-order valence-electron chi connectivity index (χ3n) is 11.2. The number of piperidine rings is 2. The Bertz CT molecular complexity index is 2210. The van der Waals surface area contributed by atoms with Crippen molar-refractivity contribution in [2.45, 2.75) is 58.2 Å². The summed E-state index contributed by atoms with van der Waals surface area (Å²) >= 11 is 0. The van der Waals surface area contributed by atoms with Crippen molar-refractivity contribution < 1.29 is 18.7 Å². The van der Waals surface area contributed by atoms with Gasteiger partial charge >= 0.3 is 0 Å². The average Bonchev–Trinajstić information content (AvgIpc) is 3.77. The minimum Gasteiger partial charge on any atom is -0.482 e. The fraction of sp³-hybridized carbons (Fsp3) is 0.415. The van der Waals surface area contributed by atoms with E-state index >= 15 is 0 Å². The van der Waals surface area contributed by atoms with Crippen LogP contribution in [-0.4, -0.2) is 85.2 Å². The molecule has 0 radical (unpaired) electrons. The molecule has 3 aromatic heterocycles. The van der Waals surface area contributed by atoms with Crippen LogP contribution >= 0.6 is 0 Å². The first-order valence-corrected chi connectivity index (χ1v) is 19.3. The number of benzene rings is 2. The fourth-order valence-corrected chi connectivity index (χ4v) is 8.16. The standard InChI is InChI=1S/C41H48FN11O3/c1-25-18-46-53(39(25)29-16-37(40(43)44-19-29)56-26(2)34-17-30(42)4-9-33(34)36-20-45-50(3)49-36)24-27-12-14-51(15-13-27)21-28-22-52(23-28)32-7-5-31(6-8-32)47-35-10-11-38(54)48-41(35)55/h4-9,16-20,26-28,35,47H,10-15,21-24H2,1-3H3,(H2,43,44)(H,48,54,55)/t26-,35?/m1/s1. The van der Waals surface area contributed by atoms with E-state index in [4.69, 9.17) is 15.6 Å². The summed E-state index contributed by atoms with van der Waals surface area (Å²) in [6.07, 6.45) is 7.82. The molecule has 2 atom stereocenters. The van der Waals surface area contributed by atoms with E-state index in [0.717, 1.165) is 80.2 Å². The number of amides is 2. The predicted molar refractivity (Wildman–Crippen MR) is 211 cm³/mol. The van der Waals surface area contributed by atoms with Crippen LogP contribution in [0.3, 0.4) is 0 Å². The number of aryl methyl sites for hydroxylation is 2. The van der Waals surface area contributed by atoms with Crippen molar-refractivity contribution >= 4 is 29.0 Å². The second kappa shape index (κ2) is 15.7. The lowest BCUT2D eigenvalue weighted by atomic mass is 9.93. The topological polar surface area (TPSA) is 161 Å². The van der Waals surface area contributed by atoms with Crippen molar-refractivity contribution in [3.63, 3.8) is 0 Å². The highest BCUT2D eigenvalue weighted by molar-refractivity contribution is 6.01. The smallest absolute Gasteiger partial charge is 0.249 e. The first-order chi connectivity index (χ1) is 27.1. The van der Waals surface area contributed by atoms with E-state index in [9.17, 15) is 14.0 Å². The Morgan fingerprint density at radius 2 is 1.77 bits per heavy atom. The van der Waals surface area contributed by atoms with Crippen LogP contribution in [0.2, 0.25) is 0 Å². The fourth-order valence-electron chi connectivity index (χ4n) is 8.16. The van der Waals surface area contributed by atoms with E-state index in [1.807, 2.05) is 31.3 Å². The number of nitrogens with zero attached hydrogens (tertiary/aromatic N) is 8. The number of ether oxygens (including phenoxy) is 1. The maximum absolute atomic E-state index is 14.5. The van der Waals surface area contributed by atoms with Gasteiger partial charge in [-0.3, -0.25) is 19.6 Å². The van der Waals surface area contributed by atoms with Crippen molar-refractivity contribution in [1.29, 1.82) is 0 Å². The van der Waals surface area contributed by atoms with Crippen LogP contribution in [-0.2, 0) is 23.2 Å². The summed E-state index contributed by atoms with van der Waals surface area (Å²) in [6.45, 7) is 10.00. The molecule has 2 amide bonds. The van der Waals surface area contributed by atoms with Crippen LogP contribution in [0, 0.1) is 24.6 Å². The molecule has 0 saturated carbocycles. The van der Waals surface area contributed by atoms with Crippen LogP contribution in [0.25, 0.3) is 22.5 Å². The van der Waals surface area contributed by atoms with E-state index in [1.165, 1.54) is 22.6 Å². The number of nitrogen functional groups attached to an aromatic ring is 1. The second-order valence-corrected chi connectivity index (χ2v) is 15.4. The van der Waals surface area contributed by atoms with Gasteiger partial charge in [0.1, 0.15) is 23.7 Å². The van der Waals surface area contributed by atoms with Gasteiger partial charge in [-0.1, -0.05) is 0 Å². The van der Waals surface area contributed by atoms with Crippen LogP contribution in [0.15, 0.2) is 67.1 Å². The van der Waals surface area contributed by atoms with E-state index in [1.54, 1.807) is 25.5 Å². The average molecular weight is 762 g/mol. The molecule has 5 aromatic rings. The zero-order valence-electron chi connectivity index (χ0n) is 32.0. The zero-order chi connectivity index (χ0) is 38.9. The number of carbonyl (C=O) groups excluding carboxylic acids is 2. The SMILES string of the molecule is Cc1cnn(CC2CCN(CC3CN(c4ccc(NC5CCC(=O)NC5=O)cc4)C3)CC2)c1-c1cnc(N)c(O[C@H](C)c2cc(F)ccc2-c2cnn(C)n2)c1. The monoisotopic (exact) mass is 761 g/mol. The Morgan fingerprint density at radius 1 is 0.982 bits per heavy atom. The molecule has 1 unspecified atom stereocenters. The Morgan fingerprint density at radius 3 is 2.50 bits per heavy atom. The van der Waals surface area contributed by atoms with Crippen LogP contribution in [0.5, 0.6) is 5.75 Å². The molecule has 292 valence electrons. The summed E-state index contributed by atoms with van der Waals surface area (Å²) in [7, 11) is 1.74. The number of pyridine rings is 1. The van der Waals surface area contributed by atoms with Crippen molar-refractivity contribution in [1.82, 2.24) is 40.0 Å². The first-order valence-electron chi connectivity index (χ1n) is 19.3. The number of likely N-dealkylation sites (tertiary alicyclic amines) is 1. The second-order valence-electron chi connectivity index (χ2n) is 15.4. The molecule has 0 aliphatic carbocycles. The van der Waals surface area contributed by atoms with Gasteiger partial charge in [0, 0.05) is 79.8 Å². The van der Waals surface area contributed by atoms with E-state index < -0.39 is 6.10 Å². The molecule has 3 saturated heterocycles. The highest BCUT2D eigenvalue weighted by Gasteiger charge is 2.31. The van der Waals surface area contributed by atoms with Crippen LogP contribution in [0.4, 0.5) is 21.6 Å². The number of imide groups is 1. The quantitative estimate of drug-likeness (QED) is 0.147. The lowest BCUT2D eigenvalue weighted by Crippen LogP contribution is -2.52. The van der Waals surface area contributed by atoms with Gasteiger partial charge in [0.2, 0.25) is 11.8 Å². The molecule has 3 aliphatic rings. The van der Waals surface area contributed by atoms with Crippen molar-refractivity contribution in [2.75, 3.05) is 48.7 Å². The number of hydrogen-bond donors (Lipinski definition) is 3. The molecule has 4 N–H and O–H groups in total. The predicted octanol–water partition coefficient (Wildman–Crippen LogP) is 4.98. The Kier molecular flexibility index (Phi) is 10.4. The third kappa shape index (κ3) is 8.08. The number of rotatable bonds is 12. The summed E-state index contributed by atoms with van der Waals surface area (Å²) in [6, 6.07) is 14.3. The lowest BCUT2D eigenvalue weighted by molar-refractivity contribution is -0.133. The maximum Gasteiger partial charge on any atom is 0.249 e. The van der Waals surface area contributed by atoms with Gasteiger partial charge in [-0.25, -0.2) is 9.37 Å². The minimum atomic E-state index is -0.552. The third-order valence-corrected chi connectivity index (χ3v) is 11.2. The number of halogens is 1. The van der Waals surface area contributed by atoms with Gasteiger partial charge in [-0.15, -0.1) is 0 Å². The van der Waals surface area contributed by atoms with E-state index in [-0.39, 0.29) is 29.5 Å². The molecule has 3 fully saturated rings. The van der Waals surface area contributed by atoms with Crippen molar-refractivity contribution in [3.8, 4) is 28.3 Å². The molecule has 15 heteroatoms. The van der Waals surface area contributed by atoms with Gasteiger partial charge in [0.25, 0.3) is 0 Å². The molecule has 8 rings (SSSR count). The molecule has 14 nitrogen and oxygen atoms in total. The summed E-state index contributed by atoms with van der Waals surface area (Å²) in [5.41, 5.74) is 13.3. The summed E-state index contributed by atoms with van der Waals surface area (Å²) in [5, 5.41) is 19.0. The molecule has 0 spiro atoms. The van der Waals surface area contributed by atoms with Crippen LogP contribution in [0.1, 0.15) is 49.8 Å². The van der Waals surface area contributed by atoms with E-state index in [0.29, 0.717) is 41.7 Å². The van der Waals surface area contributed by atoms with Crippen LogP contribution < -0.4 is 26.0 Å². The first kappa shape index (κ1) is 37.1. The summed E-state index contributed by atoms with van der Waals surface area (Å²) in [4.78, 5) is 34.5. The lowest BCUT2D eigenvalue weighted by Gasteiger charge is -2.44. The number of nitrogens with two attached hydrogens (primary N) is 1. The highest BCUT2D eigenvalue weighted by Crippen LogP contribution is 2.36. The molecule has 0 bridgehead atoms. The maximum atomic E-state index is 14.5. The van der Waals surface area contributed by atoms with Gasteiger partial charge in [0.15, 0.2) is 11.6 Å². The van der Waals surface area contributed by atoms with Gasteiger partial charge in [-0.05, 0) is 106 Å². The summed E-state index contributed by atoms with van der Waals surface area (Å²) in [5.74, 6) is 0.954. The normalized spacial score (nSPS) is 18.8. The Labute approximate surface area is 325 Å². The molecule has 56 heavy (non-hydrogen) atoms. The van der Waals surface area contributed by atoms with Crippen molar-refractivity contribution in [2.24, 2.45) is 18.9 Å². The van der Waals surface area contributed by atoms with Gasteiger partial charge in [-0.2, -0.15) is 20.1 Å². The van der Waals surface area contributed by atoms with Crippen molar-refractivity contribution in [3.05, 3.63) is 84.1 Å². The summed E-state index contributed by atoms with van der Waals surface area (Å²) < 4.78 is 22.9. The number of carbonyl (C=O) groups is 2. The molecular formula is C41H48FN11O3. The number of anilines is 3. The number of aromatic nitrogens is 6. The molecule has 2 aromatic carbocycles. The molecule has 3 aliphatic heterocycles. The minimum absolute atomic E-state index is 0.209. The number of nitrogens with one attached hydrogen (secondary N) is 2. The molecule has 6 heterocycles. The zero-order valence-corrected chi connectivity index (χ0v) is 32.0. The largest absolute Gasteiger partial charge is 0.482 e. The number of hydrogen-bond acceptors (Lipinski definition) is 11. The Hall–Kier alpha value is -5.83. The van der Waals surface area contributed by atoms with E-state index in [2.05, 4.69) is 59.4 Å². The Balaban J connectivity index is 0.838. The molecular weight excluding hydrogens is 714 g/mol. The van der Waals surface area contributed by atoms with Gasteiger partial charge < -0.3 is 25.6 Å².